The zero-order chi connectivity index (χ0) is 14.0. The Kier molecular flexibility index (Phi) is 4.88. The van der Waals surface area contributed by atoms with Crippen LogP contribution >= 0.6 is 0 Å². The monoisotopic (exact) mass is 266 g/mol. The molecular weight excluding hydrogens is 236 g/mol. The summed E-state index contributed by atoms with van der Waals surface area (Å²) in [5.41, 5.74) is 6.05. The molecular formula is C16H30N2O. The molecule has 2 fully saturated rings. The Morgan fingerprint density at radius 3 is 2.47 bits per heavy atom. The maximum Gasteiger partial charge on any atom is 0.225 e. The van der Waals surface area contributed by atoms with Crippen molar-refractivity contribution in [2.24, 2.45) is 23.5 Å². The Hall–Kier alpha value is -0.570. The second kappa shape index (κ2) is 6.25. The van der Waals surface area contributed by atoms with E-state index in [-0.39, 0.29) is 5.92 Å². The number of nitrogens with two attached hydrogens (primary N) is 1. The number of rotatable bonds is 2. The fraction of sp³-hybridized carbons (Fsp3) is 0.938. The SMILES string of the molecule is CC1CCCC(N(C)C(=O)C2CCC(N)C(C)C2)C1. The largest absolute Gasteiger partial charge is 0.343 e. The van der Waals surface area contributed by atoms with Gasteiger partial charge in [0, 0.05) is 25.0 Å². The third-order valence-electron chi connectivity index (χ3n) is 5.39. The van der Waals surface area contributed by atoms with Crippen molar-refractivity contribution in [3.05, 3.63) is 0 Å². The van der Waals surface area contributed by atoms with Crippen molar-refractivity contribution >= 4 is 5.91 Å². The van der Waals surface area contributed by atoms with E-state index in [2.05, 4.69) is 18.7 Å². The normalized spacial score (nSPS) is 39.9. The number of carbonyl (C=O) groups is 1. The fourth-order valence-electron chi connectivity index (χ4n) is 3.87. The van der Waals surface area contributed by atoms with Gasteiger partial charge in [0.1, 0.15) is 0 Å². The molecule has 0 aromatic carbocycles. The highest BCUT2D eigenvalue weighted by molar-refractivity contribution is 5.79. The minimum atomic E-state index is 0.219. The maximum absolute atomic E-state index is 12.6. The first-order valence-electron chi connectivity index (χ1n) is 8.01. The molecule has 2 aliphatic carbocycles. The lowest BCUT2D eigenvalue weighted by molar-refractivity contribution is -0.138. The standard InChI is InChI=1S/C16H30N2O/c1-11-5-4-6-14(9-11)18(3)16(19)13-7-8-15(17)12(2)10-13/h11-15H,4-10,17H2,1-3H3. The van der Waals surface area contributed by atoms with Gasteiger partial charge in [-0.15, -0.1) is 0 Å². The van der Waals surface area contributed by atoms with Gasteiger partial charge < -0.3 is 10.6 Å². The molecule has 2 rings (SSSR count). The van der Waals surface area contributed by atoms with Gasteiger partial charge in [0.05, 0.1) is 0 Å². The van der Waals surface area contributed by atoms with Gasteiger partial charge in [0.15, 0.2) is 0 Å². The molecule has 19 heavy (non-hydrogen) atoms. The van der Waals surface area contributed by atoms with E-state index in [0.717, 1.165) is 25.2 Å². The van der Waals surface area contributed by atoms with Crippen LogP contribution in [0.25, 0.3) is 0 Å². The van der Waals surface area contributed by atoms with Gasteiger partial charge in [-0.1, -0.05) is 26.7 Å². The zero-order valence-electron chi connectivity index (χ0n) is 12.8. The minimum absolute atomic E-state index is 0.219. The van der Waals surface area contributed by atoms with E-state index < -0.39 is 0 Å². The van der Waals surface area contributed by atoms with Gasteiger partial charge in [-0.25, -0.2) is 0 Å². The molecule has 0 saturated heterocycles. The second-order valence-corrected chi connectivity index (χ2v) is 7.03. The number of carbonyl (C=O) groups excluding carboxylic acids is 1. The number of hydrogen-bond donors (Lipinski definition) is 1. The zero-order valence-corrected chi connectivity index (χ0v) is 12.8. The van der Waals surface area contributed by atoms with E-state index in [1.165, 1.54) is 25.7 Å². The molecule has 110 valence electrons. The molecule has 0 radical (unpaired) electrons. The summed E-state index contributed by atoms with van der Waals surface area (Å²) in [6, 6.07) is 0.770. The third kappa shape index (κ3) is 3.50. The van der Waals surface area contributed by atoms with Crippen LogP contribution in [-0.2, 0) is 4.79 Å². The highest BCUT2D eigenvalue weighted by atomic mass is 16.2. The van der Waals surface area contributed by atoms with Gasteiger partial charge in [-0.3, -0.25) is 4.79 Å². The van der Waals surface area contributed by atoms with Crippen LogP contribution in [0.1, 0.15) is 58.8 Å². The summed E-state index contributed by atoms with van der Waals surface area (Å²) in [4.78, 5) is 14.7. The minimum Gasteiger partial charge on any atom is -0.343 e. The van der Waals surface area contributed by atoms with Crippen molar-refractivity contribution in [2.75, 3.05) is 7.05 Å². The molecule has 2 N–H and O–H groups in total. The molecule has 3 nitrogen and oxygen atoms in total. The molecule has 1 amide bonds. The molecule has 0 aromatic rings. The van der Waals surface area contributed by atoms with Crippen molar-refractivity contribution in [1.82, 2.24) is 4.90 Å². The van der Waals surface area contributed by atoms with Crippen LogP contribution in [-0.4, -0.2) is 29.9 Å². The highest BCUT2D eigenvalue weighted by Gasteiger charge is 2.34. The topological polar surface area (TPSA) is 46.3 Å². The predicted molar refractivity (Wildman–Crippen MR) is 78.7 cm³/mol. The summed E-state index contributed by atoms with van der Waals surface area (Å²) < 4.78 is 0. The van der Waals surface area contributed by atoms with Crippen LogP contribution in [0.15, 0.2) is 0 Å². The average Bonchev–Trinajstić information content (AvgIpc) is 2.40. The van der Waals surface area contributed by atoms with Crippen molar-refractivity contribution in [3.8, 4) is 0 Å². The lowest BCUT2D eigenvalue weighted by Gasteiger charge is -2.38. The number of nitrogens with zero attached hydrogens (tertiary/aromatic N) is 1. The first-order chi connectivity index (χ1) is 8.99. The molecule has 0 aliphatic heterocycles. The molecule has 0 heterocycles. The Bertz CT molecular complexity index is 318. The van der Waals surface area contributed by atoms with E-state index in [0.29, 0.717) is 23.9 Å². The number of hydrogen-bond acceptors (Lipinski definition) is 2. The molecule has 2 aliphatic rings. The summed E-state index contributed by atoms with van der Waals surface area (Å²) in [5, 5.41) is 0. The molecule has 0 spiro atoms. The molecule has 2 saturated carbocycles. The van der Waals surface area contributed by atoms with Crippen molar-refractivity contribution < 1.29 is 4.79 Å². The fourth-order valence-corrected chi connectivity index (χ4v) is 3.87. The number of amides is 1. The van der Waals surface area contributed by atoms with Gasteiger partial charge >= 0.3 is 0 Å². The maximum atomic E-state index is 12.6. The van der Waals surface area contributed by atoms with Crippen LogP contribution in [0.2, 0.25) is 0 Å². The van der Waals surface area contributed by atoms with Crippen LogP contribution in [0.3, 0.4) is 0 Å². The Morgan fingerprint density at radius 2 is 1.84 bits per heavy atom. The molecule has 5 unspecified atom stereocenters. The van der Waals surface area contributed by atoms with Gasteiger partial charge in [0.25, 0.3) is 0 Å². The summed E-state index contributed by atoms with van der Waals surface area (Å²) in [6.07, 6.45) is 7.94. The molecule has 3 heteroatoms. The van der Waals surface area contributed by atoms with E-state index in [9.17, 15) is 4.79 Å². The van der Waals surface area contributed by atoms with Crippen LogP contribution < -0.4 is 5.73 Å². The quantitative estimate of drug-likeness (QED) is 0.835. The molecule has 0 bridgehead atoms. The Balaban J connectivity index is 1.91. The lowest BCUT2D eigenvalue weighted by Crippen LogP contribution is -2.46. The lowest BCUT2D eigenvalue weighted by atomic mass is 9.78. The van der Waals surface area contributed by atoms with Crippen LogP contribution in [0, 0.1) is 17.8 Å². The summed E-state index contributed by atoms with van der Waals surface area (Å²) in [6.45, 7) is 4.50. The van der Waals surface area contributed by atoms with Gasteiger partial charge in [0.2, 0.25) is 5.91 Å². The van der Waals surface area contributed by atoms with Gasteiger partial charge in [-0.05, 0) is 43.9 Å². The molecule has 5 atom stereocenters. The Labute approximate surface area is 117 Å². The molecule has 0 aromatic heterocycles. The van der Waals surface area contributed by atoms with E-state index in [1.807, 2.05) is 7.05 Å². The van der Waals surface area contributed by atoms with Crippen molar-refractivity contribution in [2.45, 2.75) is 70.9 Å². The smallest absolute Gasteiger partial charge is 0.225 e. The Morgan fingerprint density at radius 1 is 1.11 bits per heavy atom. The predicted octanol–water partition coefficient (Wildman–Crippen LogP) is 2.79. The van der Waals surface area contributed by atoms with E-state index in [4.69, 9.17) is 5.73 Å². The van der Waals surface area contributed by atoms with Crippen LogP contribution in [0.4, 0.5) is 0 Å². The van der Waals surface area contributed by atoms with Crippen LogP contribution in [0.5, 0.6) is 0 Å². The summed E-state index contributed by atoms with van der Waals surface area (Å²) >= 11 is 0. The summed E-state index contributed by atoms with van der Waals surface area (Å²) in [5.74, 6) is 1.85. The average molecular weight is 266 g/mol. The first-order valence-corrected chi connectivity index (χ1v) is 8.01. The second-order valence-electron chi connectivity index (χ2n) is 7.03. The van der Waals surface area contributed by atoms with E-state index >= 15 is 0 Å². The highest BCUT2D eigenvalue weighted by Crippen LogP contribution is 2.32. The third-order valence-corrected chi connectivity index (χ3v) is 5.39. The van der Waals surface area contributed by atoms with E-state index in [1.54, 1.807) is 0 Å². The van der Waals surface area contributed by atoms with Gasteiger partial charge in [-0.2, -0.15) is 0 Å². The van der Waals surface area contributed by atoms with Crippen molar-refractivity contribution in [1.29, 1.82) is 0 Å². The summed E-state index contributed by atoms with van der Waals surface area (Å²) in [7, 11) is 2.02. The van der Waals surface area contributed by atoms with Crippen molar-refractivity contribution in [3.63, 3.8) is 0 Å². The first kappa shape index (κ1) is 14.8.